The van der Waals surface area contributed by atoms with E-state index in [0.717, 1.165) is 72.8 Å². The first-order valence-electron chi connectivity index (χ1n) is 14.5. The Morgan fingerprint density at radius 1 is 0.689 bits per heavy atom. The molecule has 0 aliphatic rings. The molecule has 0 heterocycles. The first kappa shape index (κ1) is 35.8. The van der Waals surface area contributed by atoms with Crippen LogP contribution in [0.2, 0.25) is 0 Å². The number of unbranched alkanes of at least 4 members (excludes halogenated alkanes) is 2. The maximum absolute atomic E-state index is 11.7. The van der Waals surface area contributed by atoms with Gasteiger partial charge in [-0.2, -0.15) is 0 Å². The Labute approximate surface area is 265 Å². The maximum Gasteiger partial charge on any atom is 0.330 e. The largest absolute Gasteiger partial charge is 0.494 e. The van der Waals surface area contributed by atoms with Crippen LogP contribution in [-0.2, 0) is 19.1 Å². The minimum atomic E-state index is -0.414. The summed E-state index contributed by atoms with van der Waals surface area (Å²) in [4.78, 5) is 31.8. The van der Waals surface area contributed by atoms with Gasteiger partial charge in [0.15, 0.2) is 6.29 Å². The van der Waals surface area contributed by atoms with E-state index < -0.39 is 5.97 Å². The lowest BCUT2D eigenvalue weighted by Crippen LogP contribution is -2.04. The normalized spacial score (nSPS) is 9.44. The first-order chi connectivity index (χ1) is 22.0. The molecule has 0 unspecified atom stereocenters. The summed E-state index contributed by atoms with van der Waals surface area (Å²) in [6.07, 6.45) is 7.17. The number of methoxy groups -OCH3 is 1. The molecule has 0 spiro atoms. The number of allylic oxidation sites excluding steroid dienone is 1. The van der Waals surface area contributed by atoms with Crippen LogP contribution in [0.5, 0.6) is 11.5 Å². The summed E-state index contributed by atoms with van der Waals surface area (Å²) in [6.45, 7) is 8.72. The van der Waals surface area contributed by atoms with Crippen molar-refractivity contribution in [3.8, 4) is 35.2 Å². The standard InChI is InChI=1S/C35H34O6.C3H4O/c1-3-35(37)41-25-7-6-24-40-33-18-12-28(13-19-33)8-9-30-11-17-31(32(26-30)27-36)16-10-29-14-20-34(21-15-29)39-23-5-4-22-38-2;1-2-3-4/h3,11-15,17-21,26-27H,1,4-7,22-25H2,2H3;2-3H,1H2. The summed E-state index contributed by atoms with van der Waals surface area (Å²) in [5.74, 6) is 13.5. The summed E-state index contributed by atoms with van der Waals surface area (Å²) in [5, 5.41) is 0. The third kappa shape index (κ3) is 15.1. The number of hydrogen-bond donors (Lipinski definition) is 0. The number of aldehydes is 2. The molecular formula is C38H38O7. The lowest BCUT2D eigenvalue weighted by atomic mass is 10.0. The van der Waals surface area contributed by atoms with Crippen molar-refractivity contribution < 1.29 is 33.3 Å². The van der Waals surface area contributed by atoms with Crippen molar-refractivity contribution in [3.05, 3.63) is 120 Å². The fraction of sp³-hybridized carbons (Fsp3) is 0.237. The zero-order valence-corrected chi connectivity index (χ0v) is 25.6. The van der Waals surface area contributed by atoms with Crippen molar-refractivity contribution >= 4 is 18.5 Å². The van der Waals surface area contributed by atoms with Gasteiger partial charge in [0, 0.05) is 47.6 Å². The fourth-order valence-electron chi connectivity index (χ4n) is 3.57. The molecule has 45 heavy (non-hydrogen) atoms. The van der Waals surface area contributed by atoms with Gasteiger partial charge in [-0.3, -0.25) is 9.59 Å². The van der Waals surface area contributed by atoms with Crippen LogP contribution in [0.3, 0.4) is 0 Å². The van der Waals surface area contributed by atoms with Crippen LogP contribution >= 0.6 is 0 Å². The van der Waals surface area contributed by atoms with E-state index in [1.54, 1.807) is 13.2 Å². The molecule has 0 aromatic heterocycles. The number of hydrogen-bond acceptors (Lipinski definition) is 7. The van der Waals surface area contributed by atoms with Gasteiger partial charge in [-0.1, -0.05) is 36.8 Å². The smallest absolute Gasteiger partial charge is 0.330 e. The second kappa shape index (κ2) is 22.2. The van der Waals surface area contributed by atoms with Gasteiger partial charge in [-0.05, 0) is 98.5 Å². The molecule has 3 aromatic rings. The second-order valence-electron chi connectivity index (χ2n) is 9.32. The van der Waals surface area contributed by atoms with E-state index in [2.05, 4.69) is 36.8 Å². The average molecular weight is 607 g/mol. The van der Waals surface area contributed by atoms with Crippen molar-refractivity contribution in [3.63, 3.8) is 0 Å². The topological polar surface area (TPSA) is 88.1 Å². The fourth-order valence-corrected chi connectivity index (χ4v) is 3.57. The average Bonchev–Trinajstić information content (AvgIpc) is 3.09. The molecule has 3 rings (SSSR count). The van der Waals surface area contributed by atoms with E-state index in [0.29, 0.717) is 37.2 Å². The predicted molar refractivity (Wildman–Crippen MR) is 175 cm³/mol. The Hall–Kier alpha value is -5.37. The molecule has 232 valence electrons. The van der Waals surface area contributed by atoms with Gasteiger partial charge in [-0.15, -0.1) is 0 Å². The van der Waals surface area contributed by atoms with Crippen molar-refractivity contribution in [2.24, 2.45) is 0 Å². The van der Waals surface area contributed by atoms with Crippen molar-refractivity contribution in [1.82, 2.24) is 0 Å². The number of benzene rings is 3. The second-order valence-corrected chi connectivity index (χ2v) is 9.32. The van der Waals surface area contributed by atoms with Crippen LogP contribution in [0, 0.1) is 23.7 Å². The molecular weight excluding hydrogens is 568 g/mol. The Balaban J connectivity index is 0.00000166. The zero-order chi connectivity index (χ0) is 32.5. The van der Waals surface area contributed by atoms with Crippen molar-refractivity contribution in [1.29, 1.82) is 0 Å². The maximum atomic E-state index is 11.7. The van der Waals surface area contributed by atoms with Gasteiger partial charge in [-0.25, -0.2) is 4.79 Å². The molecule has 0 aliphatic heterocycles. The summed E-state index contributed by atoms with van der Waals surface area (Å²) < 4.78 is 21.4. The van der Waals surface area contributed by atoms with E-state index in [-0.39, 0.29) is 0 Å². The van der Waals surface area contributed by atoms with Crippen LogP contribution < -0.4 is 9.47 Å². The van der Waals surface area contributed by atoms with E-state index in [4.69, 9.17) is 23.7 Å². The number of carbonyl (C=O) groups excluding carboxylic acids is 3. The van der Waals surface area contributed by atoms with Crippen LogP contribution in [0.1, 0.15) is 58.3 Å². The molecule has 7 heteroatoms. The van der Waals surface area contributed by atoms with Crippen LogP contribution in [0.25, 0.3) is 0 Å². The SMILES string of the molecule is C=CC(=O)OCCCCOc1ccc(C#Cc2ccc(C#Cc3ccc(OCCCCOC)cc3)c(C=O)c2)cc1.C=CC=O. The number of rotatable bonds is 15. The summed E-state index contributed by atoms with van der Waals surface area (Å²) in [7, 11) is 1.69. The Morgan fingerprint density at radius 3 is 1.69 bits per heavy atom. The van der Waals surface area contributed by atoms with Crippen molar-refractivity contribution in [2.75, 3.05) is 33.5 Å². The number of esters is 1. The summed E-state index contributed by atoms with van der Waals surface area (Å²) in [5.41, 5.74) is 3.52. The van der Waals surface area contributed by atoms with Gasteiger partial charge in [0.05, 0.1) is 19.8 Å². The molecule has 0 radical (unpaired) electrons. The summed E-state index contributed by atoms with van der Waals surface area (Å²) >= 11 is 0. The molecule has 0 atom stereocenters. The minimum absolute atomic E-state index is 0.350. The molecule has 0 amide bonds. The lowest BCUT2D eigenvalue weighted by molar-refractivity contribution is -0.137. The molecule has 0 N–H and O–H groups in total. The Kier molecular flexibility index (Phi) is 17.7. The third-order valence-corrected chi connectivity index (χ3v) is 5.91. The summed E-state index contributed by atoms with van der Waals surface area (Å²) in [6, 6.07) is 20.5. The Bertz CT molecular complexity index is 1490. The van der Waals surface area contributed by atoms with E-state index in [1.165, 1.54) is 6.08 Å². The zero-order valence-electron chi connectivity index (χ0n) is 25.6. The van der Waals surface area contributed by atoms with Gasteiger partial charge < -0.3 is 18.9 Å². The molecule has 7 nitrogen and oxygen atoms in total. The third-order valence-electron chi connectivity index (χ3n) is 5.91. The van der Waals surface area contributed by atoms with Gasteiger partial charge >= 0.3 is 5.97 Å². The highest BCUT2D eigenvalue weighted by molar-refractivity contribution is 5.81. The minimum Gasteiger partial charge on any atom is -0.494 e. The van der Waals surface area contributed by atoms with Crippen LogP contribution in [-0.4, -0.2) is 52.1 Å². The van der Waals surface area contributed by atoms with E-state index in [1.807, 2.05) is 60.7 Å². The first-order valence-corrected chi connectivity index (χ1v) is 14.5. The molecule has 0 fully saturated rings. The van der Waals surface area contributed by atoms with E-state index >= 15 is 0 Å². The molecule has 0 saturated heterocycles. The lowest BCUT2D eigenvalue weighted by Gasteiger charge is -2.06. The highest BCUT2D eigenvalue weighted by Gasteiger charge is 2.01. The van der Waals surface area contributed by atoms with Crippen LogP contribution in [0.15, 0.2) is 92.0 Å². The van der Waals surface area contributed by atoms with Gasteiger partial charge in [0.1, 0.15) is 17.8 Å². The molecule has 0 aliphatic carbocycles. The predicted octanol–water partition coefficient (Wildman–Crippen LogP) is 6.36. The number of carbonyl (C=O) groups is 3. The highest BCUT2D eigenvalue weighted by atomic mass is 16.5. The molecule has 0 bridgehead atoms. The monoisotopic (exact) mass is 606 g/mol. The highest BCUT2D eigenvalue weighted by Crippen LogP contribution is 2.15. The van der Waals surface area contributed by atoms with E-state index in [9.17, 15) is 9.59 Å². The number of ether oxygens (including phenoxy) is 4. The Morgan fingerprint density at radius 2 is 1.18 bits per heavy atom. The van der Waals surface area contributed by atoms with Crippen LogP contribution in [0.4, 0.5) is 0 Å². The van der Waals surface area contributed by atoms with Gasteiger partial charge in [0.25, 0.3) is 0 Å². The molecule has 0 saturated carbocycles. The quantitative estimate of drug-likeness (QED) is 0.0654. The molecule has 3 aromatic carbocycles. The van der Waals surface area contributed by atoms with Crippen molar-refractivity contribution in [2.45, 2.75) is 25.7 Å². The van der Waals surface area contributed by atoms with Gasteiger partial charge in [0.2, 0.25) is 0 Å².